The van der Waals surface area contributed by atoms with Gasteiger partial charge in [-0.15, -0.1) is 0 Å². The third-order valence-corrected chi connectivity index (χ3v) is 5.60. The lowest BCUT2D eigenvalue weighted by Gasteiger charge is -2.09. The van der Waals surface area contributed by atoms with Gasteiger partial charge in [-0.25, -0.2) is 8.42 Å². The van der Waals surface area contributed by atoms with Gasteiger partial charge in [0.25, 0.3) is 5.91 Å². The van der Waals surface area contributed by atoms with Crippen molar-refractivity contribution in [1.29, 1.82) is 0 Å². The molecule has 3 rings (SSSR count). The molecule has 1 amide bonds. The lowest BCUT2D eigenvalue weighted by molar-refractivity contribution is -0.134. The minimum Gasteiger partial charge on any atom is -0.427 e. The molecular formula is C19H16ClNO5S. The lowest BCUT2D eigenvalue weighted by Crippen LogP contribution is -2.15. The van der Waals surface area contributed by atoms with Crippen molar-refractivity contribution in [3.05, 3.63) is 70.6 Å². The summed E-state index contributed by atoms with van der Waals surface area (Å²) in [7, 11) is -3.19. The van der Waals surface area contributed by atoms with E-state index < -0.39 is 15.8 Å². The molecule has 1 atom stereocenters. The van der Waals surface area contributed by atoms with E-state index in [1.807, 2.05) is 0 Å². The van der Waals surface area contributed by atoms with Crippen LogP contribution in [-0.4, -0.2) is 26.0 Å². The van der Waals surface area contributed by atoms with E-state index in [-0.39, 0.29) is 24.0 Å². The highest BCUT2D eigenvalue weighted by atomic mass is 35.5. The van der Waals surface area contributed by atoms with Gasteiger partial charge in [-0.3, -0.25) is 9.59 Å². The molecule has 1 heterocycles. The van der Waals surface area contributed by atoms with Crippen LogP contribution in [0.15, 0.2) is 60.0 Å². The molecule has 1 aliphatic rings. The molecule has 0 fully saturated rings. The highest BCUT2D eigenvalue weighted by Gasteiger charge is 2.24. The smallest absolute Gasteiger partial charge is 0.311 e. The fraction of sp³-hybridized carbons (Fsp3) is 0.158. The van der Waals surface area contributed by atoms with Gasteiger partial charge in [0.15, 0.2) is 9.84 Å². The summed E-state index contributed by atoms with van der Waals surface area (Å²) in [5.74, 6) is -0.919. The molecule has 0 aliphatic carbocycles. The van der Waals surface area contributed by atoms with Crippen LogP contribution in [0.2, 0.25) is 5.02 Å². The second-order valence-corrected chi connectivity index (χ2v) is 8.45. The molecular weight excluding hydrogens is 390 g/mol. The summed E-state index contributed by atoms with van der Waals surface area (Å²) in [6.45, 7) is 0. The molecule has 140 valence electrons. The zero-order chi connectivity index (χ0) is 19.4. The van der Waals surface area contributed by atoms with Crippen LogP contribution in [0, 0.1) is 5.92 Å². The van der Waals surface area contributed by atoms with Crippen molar-refractivity contribution >= 4 is 39.0 Å². The summed E-state index contributed by atoms with van der Waals surface area (Å²) in [5, 5.41) is 4.40. The lowest BCUT2D eigenvalue weighted by atomic mass is 10.1. The Morgan fingerprint density at radius 3 is 2.33 bits per heavy atom. The normalized spacial score (nSPS) is 17.4. The van der Waals surface area contributed by atoms with Crippen LogP contribution < -0.4 is 10.1 Å². The number of amides is 1. The summed E-state index contributed by atoms with van der Waals surface area (Å²) < 4.78 is 27.9. The van der Waals surface area contributed by atoms with Crippen LogP contribution in [0.5, 0.6) is 5.75 Å². The number of allylic oxidation sites excluding steroid dienone is 1. The first-order chi connectivity index (χ1) is 12.8. The van der Waals surface area contributed by atoms with Crippen molar-refractivity contribution < 1.29 is 22.7 Å². The van der Waals surface area contributed by atoms with Crippen LogP contribution in [0.25, 0.3) is 0 Å². The largest absolute Gasteiger partial charge is 0.427 e. The third-order valence-electron chi connectivity index (χ3n) is 3.88. The number of nitrogens with one attached hydrogen (secondary N) is 1. The van der Waals surface area contributed by atoms with Gasteiger partial charge in [-0.1, -0.05) is 17.7 Å². The van der Waals surface area contributed by atoms with Crippen LogP contribution in [0.1, 0.15) is 16.8 Å². The Morgan fingerprint density at radius 2 is 1.74 bits per heavy atom. The fourth-order valence-corrected chi connectivity index (χ4v) is 4.09. The number of anilines is 1. The van der Waals surface area contributed by atoms with E-state index in [1.54, 1.807) is 48.5 Å². The minimum atomic E-state index is -3.19. The van der Waals surface area contributed by atoms with E-state index in [4.69, 9.17) is 16.3 Å². The number of rotatable bonds is 5. The molecule has 0 bridgehead atoms. The fourth-order valence-electron chi connectivity index (χ4n) is 2.57. The van der Waals surface area contributed by atoms with Crippen LogP contribution in [0.3, 0.4) is 0 Å². The van der Waals surface area contributed by atoms with E-state index in [0.717, 1.165) is 5.41 Å². The first kappa shape index (κ1) is 19.1. The monoisotopic (exact) mass is 405 g/mol. The van der Waals surface area contributed by atoms with Crippen molar-refractivity contribution in [3.63, 3.8) is 0 Å². The Balaban J connectivity index is 1.54. The van der Waals surface area contributed by atoms with Crippen molar-refractivity contribution in [2.24, 2.45) is 5.92 Å². The highest BCUT2D eigenvalue weighted by molar-refractivity contribution is 7.94. The molecule has 0 unspecified atom stereocenters. The Morgan fingerprint density at radius 1 is 1.07 bits per heavy atom. The van der Waals surface area contributed by atoms with E-state index >= 15 is 0 Å². The maximum Gasteiger partial charge on any atom is 0.311 e. The number of esters is 1. The average molecular weight is 406 g/mol. The summed E-state index contributed by atoms with van der Waals surface area (Å²) in [4.78, 5) is 24.1. The number of hydrogen-bond acceptors (Lipinski definition) is 5. The Kier molecular flexibility index (Phi) is 5.62. The Hall–Kier alpha value is -2.64. The SMILES string of the molecule is O=C(C[C@H]1C=CS(=O)(=O)C1)Oc1ccc(NC(=O)c2ccc(Cl)cc2)cc1. The molecule has 0 radical (unpaired) electrons. The van der Waals surface area contributed by atoms with Gasteiger partial charge < -0.3 is 10.1 Å². The standard InChI is InChI=1S/C19H16ClNO5S/c20-15-3-1-14(2-4-15)19(23)21-16-5-7-17(8-6-16)26-18(22)11-13-9-10-27(24,25)12-13/h1-10,13H,11-12H2,(H,21,23)/t13-/m1/s1. The van der Waals surface area contributed by atoms with Crippen molar-refractivity contribution in [2.75, 3.05) is 11.1 Å². The molecule has 6 nitrogen and oxygen atoms in total. The maximum absolute atomic E-state index is 12.1. The van der Waals surface area contributed by atoms with Gasteiger partial charge >= 0.3 is 5.97 Å². The second-order valence-electron chi connectivity index (χ2n) is 6.08. The van der Waals surface area contributed by atoms with Gasteiger partial charge in [0.05, 0.1) is 12.2 Å². The first-order valence-electron chi connectivity index (χ1n) is 8.09. The summed E-state index contributed by atoms with van der Waals surface area (Å²) >= 11 is 5.80. The summed E-state index contributed by atoms with van der Waals surface area (Å²) in [5.41, 5.74) is 1.01. The Labute approximate surface area is 161 Å². The summed E-state index contributed by atoms with van der Waals surface area (Å²) in [6, 6.07) is 12.8. The molecule has 1 N–H and O–H groups in total. The zero-order valence-corrected chi connectivity index (χ0v) is 15.7. The highest BCUT2D eigenvalue weighted by Crippen LogP contribution is 2.21. The number of hydrogen-bond donors (Lipinski definition) is 1. The quantitative estimate of drug-likeness (QED) is 0.607. The number of halogens is 1. The van der Waals surface area contributed by atoms with E-state index in [0.29, 0.717) is 22.0 Å². The molecule has 0 aromatic heterocycles. The third kappa shape index (κ3) is 5.42. The first-order valence-corrected chi connectivity index (χ1v) is 10.2. The molecule has 2 aromatic rings. The molecule has 2 aromatic carbocycles. The van der Waals surface area contributed by atoms with E-state index in [9.17, 15) is 18.0 Å². The molecule has 8 heteroatoms. The average Bonchev–Trinajstić information content (AvgIpc) is 2.95. The van der Waals surface area contributed by atoms with E-state index in [2.05, 4.69) is 5.32 Å². The minimum absolute atomic E-state index is 0.00914. The van der Waals surface area contributed by atoms with Gasteiger partial charge in [0.1, 0.15) is 5.75 Å². The van der Waals surface area contributed by atoms with Crippen LogP contribution in [0.4, 0.5) is 5.69 Å². The van der Waals surface area contributed by atoms with Gasteiger partial charge in [-0.05, 0) is 48.5 Å². The molecule has 0 saturated carbocycles. The van der Waals surface area contributed by atoms with Gasteiger partial charge in [0.2, 0.25) is 0 Å². The Bertz CT molecular complexity index is 982. The van der Waals surface area contributed by atoms with Crippen molar-refractivity contribution in [1.82, 2.24) is 0 Å². The number of carbonyl (C=O) groups is 2. The molecule has 0 saturated heterocycles. The van der Waals surface area contributed by atoms with Gasteiger partial charge in [-0.2, -0.15) is 0 Å². The predicted molar refractivity (Wildman–Crippen MR) is 103 cm³/mol. The second kappa shape index (κ2) is 7.94. The summed E-state index contributed by atoms with van der Waals surface area (Å²) in [6.07, 6.45) is 1.50. The van der Waals surface area contributed by atoms with Crippen molar-refractivity contribution in [2.45, 2.75) is 6.42 Å². The van der Waals surface area contributed by atoms with Crippen molar-refractivity contribution in [3.8, 4) is 5.75 Å². The number of ether oxygens (including phenoxy) is 1. The number of benzene rings is 2. The van der Waals surface area contributed by atoms with E-state index in [1.165, 1.54) is 6.08 Å². The molecule has 0 spiro atoms. The zero-order valence-electron chi connectivity index (χ0n) is 14.1. The number of sulfone groups is 1. The molecule has 27 heavy (non-hydrogen) atoms. The predicted octanol–water partition coefficient (Wildman–Crippen LogP) is 3.45. The molecule has 1 aliphatic heterocycles. The van der Waals surface area contributed by atoms with Crippen LogP contribution >= 0.6 is 11.6 Å². The number of carbonyl (C=O) groups excluding carboxylic acids is 2. The topological polar surface area (TPSA) is 89.5 Å². The van der Waals surface area contributed by atoms with Crippen LogP contribution in [-0.2, 0) is 14.6 Å². The maximum atomic E-state index is 12.1. The van der Waals surface area contributed by atoms with Gasteiger partial charge in [0, 0.05) is 27.6 Å².